The summed E-state index contributed by atoms with van der Waals surface area (Å²) in [5.41, 5.74) is 7.24. The highest BCUT2D eigenvalue weighted by Gasteiger charge is 2.06. The van der Waals surface area contributed by atoms with Crippen LogP contribution in [-0.2, 0) is 13.6 Å². The molecule has 0 saturated carbocycles. The lowest BCUT2D eigenvalue weighted by Gasteiger charge is -1.99. The first kappa shape index (κ1) is 8.12. The molecule has 0 atom stereocenters. The summed E-state index contributed by atoms with van der Waals surface area (Å²) in [6, 6.07) is 0. The van der Waals surface area contributed by atoms with E-state index in [-0.39, 0.29) is 0 Å². The Kier molecular flexibility index (Phi) is 1.73. The van der Waals surface area contributed by atoms with Crippen LogP contribution >= 0.6 is 0 Å². The average Bonchev–Trinajstić information content (AvgIpc) is 2.48. The molecule has 0 aliphatic heterocycles. The topological polar surface area (TPSA) is 69.6 Å². The second kappa shape index (κ2) is 2.77. The zero-order chi connectivity index (χ0) is 9.42. The lowest BCUT2D eigenvalue weighted by Crippen LogP contribution is -2.05. The monoisotopic (exact) mass is 177 g/mol. The van der Waals surface area contributed by atoms with Gasteiger partial charge in [-0.15, -0.1) is 0 Å². The molecule has 0 amide bonds. The smallest absolute Gasteiger partial charge is 0.161 e. The van der Waals surface area contributed by atoms with Gasteiger partial charge in [0.1, 0.15) is 5.82 Å². The summed E-state index contributed by atoms with van der Waals surface area (Å²) in [6.07, 6.45) is 1.77. The molecule has 68 valence electrons. The predicted octanol–water partition coefficient (Wildman–Crippen LogP) is 0.130. The van der Waals surface area contributed by atoms with Gasteiger partial charge in [0.2, 0.25) is 0 Å². The second-order valence-corrected chi connectivity index (χ2v) is 2.93. The van der Waals surface area contributed by atoms with Crippen molar-refractivity contribution in [1.29, 1.82) is 0 Å². The highest BCUT2D eigenvalue weighted by Crippen LogP contribution is 2.13. The molecule has 0 saturated heterocycles. The number of aryl methyl sites for hydroxylation is 2. The van der Waals surface area contributed by atoms with E-state index in [9.17, 15) is 0 Å². The van der Waals surface area contributed by atoms with Gasteiger partial charge in [0, 0.05) is 7.05 Å². The maximum absolute atomic E-state index is 5.47. The van der Waals surface area contributed by atoms with Gasteiger partial charge in [0.05, 0.1) is 23.8 Å². The highest BCUT2D eigenvalue weighted by atomic mass is 15.3. The Morgan fingerprint density at radius 1 is 1.46 bits per heavy atom. The number of hydrogen-bond acceptors (Lipinski definition) is 4. The fourth-order valence-corrected chi connectivity index (χ4v) is 1.31. The summed E-state index contributed by atoms with van der Waals surface area (Å²) in [6.45, 7) is 2.30. The van der Waals surface area contributed by atoms with Crippen molar-refractivity contribution < 1.29 is 0 Å². The van der Waals surface area contributed by atoms with E-state index in [2.05, 4.69) is 15.1 Å². The molecule has 5 nitrogen and oxygen atoms in total. The molecule has 2 heterocycles. The second-order valence-electron chi connectivity index (χ2n) is 2.93. The van der Waals surface area contributed by atoms with Crippen LogP contribution < -0.4 is 5.73 Å². The van der Waals surface area contributed by atoms with Crippen molar-refractivity contribution in [3.8, 4) is 0 Å². The molecule has 2 aromatic heterocycles. The zero-order valence-electron chi connectivity index (χ0n) is 7.65. The Morgan fingerprint density at radius 3 is 2.92 bits per heavy atom. The molecule has 0 aliphatic rings. The van der Waals surface area contributed by atoms with E-state index in [1.54, 1.807) is 10.9 Å². The summed E-state index contributed by atoms with van der Waals surface area (Å²) in [4.78, 5) is 8.52. The van der Waals surface area contributed by atoms with E-state index >= 15 is 0 Å². The summed E-state index contributed by atoms with van der Waals surface area (Å²) < 4.78 is 1.73. The van der Waals surface area contributed by atoms with Gasteiger partial charge in [0.25, 0.3) is 0 Å². The van der Waals surface area contributed by atoms with Gasteiger partial charge in [-0.05, 0) is 6.92 Å². The van der Waals surface area contributed by atoms with Crippen LogP contribution in [0.15, 0.2) is 6.20 Å². The number of nitrogens with zero attached hydrogens (tertiary/aromatic N) is 4. The average molecular weight is 177 g/mol. The molecule has 13 heavy (non-hydrogen) atoms. The first-order valence-electron chi connectivity index (χ1n) is 4.07. The molecule has 0 fully saturated rings. The third kappa shape index (κ3) is 1.17. The van der Waals surface area contributed by atoms with Crippen LogP contribution in [0.25, 0.3) is 11.0 Å². The highest BCUT2D eigenvalue weighted by molar-refractivity contribution is 5.76. The fourth-order valence-electron chi connectivity index (χ4n) is 1.31. The molecular formula is C8H11N5. The lowest BCUT2D eigenvalue weighted by molar-refractivity contribution is 0.777. The summed E-state index contributed by atoms with van der Waals surface area (Å²) in [5, 5.41) is 5.09. The fraction of sp³-hybridized carbons (Fsp3) is 0.375. The Hall–Kier alpha value is -1.49. The van der Waals surface area contributed by atoms with Gasteiger partial charge in [-0.3, -0.25) is 4.68 Å². The van der Waals surface area contributed by atoms with Gasteiger partial charge in [-0.1, -0.05) is 0 Å². The minimum atomic E-state index is 0.363. The first-order valence-corrected chi connectivity index (χ1v) is 4.07. The number of nitrogens with two attached hydrogens (primary N) is 1. The molecule has 2 aromatic rings. The molecule has 0 spiro atoms. The first-order chi connectivity index (χ1) is 6.22. The van der Waals surface area contributed by atoms with E-state index in [1.807, 2.05) is 14.0 Å². The Labute approximate surface area is 75.6 Å². The number of aromatic nitrogens is 4. The maximum Gasteiger partial charge on any atom is 0.161 e. The largest absolute Gasteiger partial charge is 0.324 e. The van der Waals surface area contributed by atoms with Crippen molar-refractivity contribution in [2.24, 2.45) is 12.8 Å². The Balaban J connectivity index is 2.80. The molecule has 0 bridgehead atoms. The van der Waals surface area contributed by atoms with Crippen LogP contribution in [0.1, 0.15) is 11.5 Å². The molecule has 0 aliphatic carbocycles. The van der Waals surface area contributed by atoms with E-state index < -0.39 is 0 Å². The van der Waals surface area contributed by atoms with Crippen LogP contribution in [0, 0.1) is 6.92 Å². The molecule has 2 N–H and O–H groups in total. The lowest BCUT2D eigenvalue weighted by atomic mass is 10.3. The zero-order valence-corrected chi connectivity index (χ0v) is 7.65. The third-order valence-corrected chi connectivity index (χ3v) is 2.01. The molecule has 0 unspecified atom stereocenters. The van der Waals surface area contributed by atoms with Crippen molar-refractivity contribution in [3.63, 3.8) is 0 Å². The van der Waals surface area contributed by atoms with Crippen molar-refractivity contribution in [2.45, 2.75) is 13.5 Å². The van der Waals surface area contributed by atoms with Crippen molar-refractivity contribution in [3.05, 3.63) is 17.7 Å². The van der Waals surface area contributed by atoms with E-state index in [4.69, 9.17) is 5.73 Å². The van der Waals surface area contributed by atoms with Gasteiger partial charge in [-0.2, -0.15) is 5.10 Å². The van der Waals surface area contributed by atoms with E-state index in [0.29, 0.717) is 12.4 Å². The number of fused-ring (bicyclic) bond motifs is 1. The predicted molar refractivity (Wildman–Crippen MR) is 48.9 cm³/mol. The van der Waals surface area contributed by atoms with Crippen LogP contribution in [0.2, 0.25) is 0 Å². The molecule has 5 heteroatoms. The Morgan fingerprint density at radius 2 is 2.23 bits per heavy atom. The number of rotatable bonds is 1. The molecular weight excluding hydrogens is 166 g/mol. The van der Waals surface area contributed by atoms with Crippen LogP contribution in [0.4, 0.5) is 0 Å². The molecule has 0 radical (unpaired) electrons. The van der Waals surface area contributed by atoms with E-state index in [1.165, 1.54) is 0 Å². The molecule has 2 rings (SSSR count). The van der Waals surface area contributed by atoms with Crippen molar-refractivity contribution >= 4 is 11.0 Å². The van der Waals surface area contributed by atoms with Gasteiger partial charge < -0.3 is 5.73 Å². The van der Waals surface area contributed by atoms with E-state index in [0.717, 1.165) is 16.7 Å². The van der Waals surface area contributed by atoms with Gasteiger partial charge in [0.15, 0.2) is 5.65 Å². The van der Waals surface area contributed by atoms with Crippen LogP contribution in [0.3, 0.4) is 0 Å². The third-order valence-electron chi connectivity index (χ3n) is 2.01. The summed E-state index contributed by atoms with van der Waals surface area (Å²) in [5.74, 6) is 0.661. The van der Waals surface area contributed by atoms with Crippen LogP contribution in [-0.4, -0.2) is 19.7 Å². The summed E-state index contributed by atoms with van der Waals surface area (Å²) >= 11 is 0. The molecule has 0 aromatic carbocycles. The summed E-state index contributed by atoms with van der Waals surface area (Å²) in [7, 11) is 1.86. The normalized spacial score (nSPS) is 11.0. The number of hydrogen-bond donors (Lipinski definition) is 1. The standard InChI is InChI=1S/C8H11N5/c1-5-6-4-10-13(2)8(6)12-7(3-9)11-5/h4H,3,9H2,1-2H3. The quantitative estimate of drug-likeness (QED) is 0.672. The van der Waals surface area contributed by atoms with Gasteiger partial charge >= 0.3 is 0 Å². The minimum Gasteiger partial charge on any atom is -0.324 e. The van der Waals surface area contributed by atoms with Crippen LogP contribution in [0.5, 0.6) is 0 Å². The maximum atomic E-state index is 5.47. The van der Waals surface area contributed by atoms with Gasteiger partial charge in [-0.25, -0.2) is 9.97 Å². The minimum absolute atomic E-state index is 0.363. The SMILES string of the molecule is Cc1nc(CN)nc2c1cnn2C. The Bertz CT molecular complexity index is 445. The van der Waals surface area contributed by atoms with Crippen molar-refractivity contribution in [2.75, 3.05) is 0 Å². The van der Waals surface area contributed by atoms with Crippen molar-refractivity contribution in [1.82, 2.24) is 19.7 Å².